The molecule has 16 heavy (non-hydrogen) atoms. The summed E-state index contributed by atoms with van der Waals surface area (Å²) >= 11 is 0. The second kappa shape index (κ2) is 5.45. The van der Waals surface area contributed by atoms with Crippen LogP contribution in [0.5, 0.6) is 0 Å². The smallest absolute Gasteiger partial charge is 0.0753 e. The average molecular weight is 230 g/mol. The number of ether oxygens (including phenoxy) is 1. The molecule has 0 amide bonds. The molecule has 0 bridgehead atoms. The average Bonchev–Trinajstić information content (AvgIpc) is 2.17. The van der Waals surface area contributed by atoms with E-state index < -0.39 is 0 Å². The molecule has 0 saturated carbocycles. The molecule has 0 aromatic heterocycles. The van der Waals surface area contributed by atoms with Crippen molar-refractivity contribution >= 4 is 0 Å². The van der Waals surface area contributed by atoms with Crippen molar-refractivity contribution in [2.24, 2.45) is 11.7 Å². The predicted molar refractivity (Wildman–Crippen MR) is 65.3 cm³/mol. The lowest BCUT2D eigenvalue weighted by atomic mass is 9.95. The Morgan fingerprint density at radius 1 is 1.44 bits per heavy atom. The highest BCUT2D eigenvalue weighted by Gasteiger charge is 2.34. The molecule has 3 N–H and O–H groups in total. The van der Waals surface area contributed by atoms with Gasteiger partial charge in [-0.3, -0.25) is 4.90 Å². The minimum Gasteiger partial charge on any atom is -0.395 e. The Morgan fingerprint density at radius 3 is 2.50 bits per heavy atom. The molecule has 4 nitrogen and oxygen atoms in total. The van der Waals surface area contributed by atoms with E-state index in [2.05, 4.69) is 32.6 Å². The van der Waals surface area contributed by atoms with Crippen LogP contribution in [-0.4, -0.2) is 54.0 Å². The Labute approximate surface area is 98.8 Å². The van der Waals surface area contributed by atoms with Crippen molar-refractivity contribution in [3.8, 4) is 0 Å². The summed E-state index contributed by atoms with van der Waals surface area (Å²) in [7, 11) is 0. The summed E-state index contributed by atoms with van der Waals surface area (Å²) in [6.45, 7) is 10.9. The monoisotopic (exact) mass is 230 g/mol. The molecule has 1 aliphatic rings. The summed E-state index contributed by atoms with van der Waals surface area (Å²) in [6.07, 6.45) is 0. The molecule has 1 fully saturated rings. The van der Waals surface area contributed by atoms with Gasteiger partial charge >= 0.3 is 0 Å². The molecule has 0 aliphatic carbocycles. The molecule has 4 heteroatoms. The highest BCUT2D eigenvalue weighted by atomic mass is 16.5. The van der Waals surface area contributed by atoms with Crippen molar-refractivity contribution in [3.05, 3.63) is 0 Å². The zero-order valence-corrected chi connectivity index (χ0v) is 10.9. The number of hydrogen-bond acceptors (Lipinski definition) is 4. The number of aliphatic hydroxyl groups excluding tert-OH is 1. The fourth-order valence-corrected chi connectivity index (χ4v) is 2.26. The molecule has 0 aromatic rings. The number of aliphatic hydroxyl groups is 1. The Kier molecular flexibility index (Phi) is 4.73. The lowest BCUT2D eigenvalue weighted by Gasteiger charge is -2.44. The zero-order chi connectivity index (χ0) is 12.3. The molecule has 1 saturated heterocycles. The molecule has 2 atom stereocenters. The van der Waals surface area contributed by atoms with Crippen molar-refractivity contribution in [1.29, 1.82) is 0 Å². The van der Waals surface area contributed by atoms with E-state index >= 15 is 0 Å². The Balaban J connectivity index is 2.65. The number of rotatable bonds is 4. The number of nitrogens with zero attached hydrogens (tertiary/aromatic N) is 1. The van der Waals surface area contributed by atoms with Crippen LogP contribution >= 0.6 is 0 Å². The van der Waals surface area contributed by atoms with Crippen LogP contribution in [0.3, 0.4) is 0 Å². The van der Waals surface area contributed by atoms with E-state index in [4.69, 9.17) is 10.5 Å². The largest absolute Gasteiger partial charge is 0.395 e. The van der Waals surface area contributed by atoms with Crippen LogP contribution < -0.4 is 5.73 Å². The van der Waals surface area contributed by atoms with E-state index in [9.17, 15) is 5.11 Å². The summed E-state index contributed by atoms with van der Waals surface area (Å²) in [5.74, 6) is 0.378. The van der Waals surface area contributed by atoms with Gasteiger partial charge in [-0.2, -0.15) is 0 Å². The lowest BCUT2D eigenvalue weighted by Crippen LogP contribution is -2.59. The minimum atomic E-state index is -0.137. The van der Waals surface area contributed by atoms with Crippen LogP contribution in [0.15, 0.2) is 0 Å². The van der Waals surface area contributed by atoms with Crippen LogP contribution in [-0.2, 0) is 4.74 Å². The molecule has 1 heterocycles. The third kappa shape index (κ3) is 3.42. The number of nitrogens with two attached hydrogens (primary N) is 1. The number of hydrogen-bond donors (Lipinski definition) is 2. The molecule has 2 unspecified atom stereocenters. The van der Waals surface area contributed by atoms with Gasteiger partial charge in [0.2, 0.25) is 0 Å². The van der Waals surface area contributed by atoms with Gasteiger partial charge in [-0.05, 0) is 19.8 Å². The van der Waals surface area contributed by atoms with Gasteiger partial charge in [0, 0.05) is 25.2 Å². The number of morpholine rings is 1. The molecule has 96 valence electrons. The normalized spacial score (nSPS) is 25.7. The lowest BCUT2D eigenvalue weighted by molar-refractivity contribution is -0.105. The first kappa shape index (κ1) is 13.9. The van der Waals surface area contributed by atoms with Crippen LogP contribution in [0.2, 0.25) is 0 Å². The summed E-state index contributed by atoms with van der Waals surface area (Å²) in [5.41, 5.74) is 6.01. The van der Waals surface area contributed by atoms with E-state index in [1.165, 1.54) is 0 Å². The summed E-state index contributed by atoms with van der Waals surface area (Å²) < 4.78 is 5.67. The molecular weight excluding hydrogens is 204 g/mol. The first-order valence-electron chi connectivity index (χ1n) is 6.12. The maximum absolute atomic E-state index is 9.51. The molecule has 0 aromatic carbocycles. The van der Waals surface area contributed by atoms with Gasteiger partial charge in [-0.1, -0.05) is 13.8 Å². The van der Waals surface area contributed by atoms with Gasteiger partial charge in [-0.25, -0.2) is 0 Å². The van der Waals surface area contributed by atoms with Crippen LogP contribution in [0.1, 0.15) is 27.7 Å². The van der Waals surface area contributed by atoms with E-state index in [1.54, 1.807) is 0 Å². The van der Waals surface area contributed by atoms with Crippen LogP contribution in [0.25, 0.3) is 0 Å². The quantitative estimate of drug-likeness (QED) is 0.736. The third-order valence-electron chi connectivity index (χ3n) is 3.33. The van der Waals surface area contributed by atoms with Gasteiger partial charge in [0.05, 0.1) is 18.8 Å². The van der Waals surface area contributed by atoms with Crippen LogP contribution in [0.4, 0.5) is 0 Å². The third-order valence-corrected chi connectivity index (χ3v) is 3.33. The first-order valence-corrected chi connectivity index (χ1v) is 6.12. The fourth-order valence-electron chi connectivity index (χ4n) is 2.26. The van der Waals surface area contributed by atoms with Gasteiger partial charge in [0.15, 0.2) is 0 Å². The maximum atomic E-state index is 9.51. The zero-order valence-electron chi connectivity index (χ0n) is 10.9. The van der Waals surface area contributed by atoms with E-state index in [0.29, 0.717) is 12.5 Å². The van der Waals surface area contributed by atoms with Crippen molar-refractivity contribution < 1.29 is 9.84 Å². The first-order chi connectivity index (χ1) is 7.37. The molecular formula is C12H26N2O2. The van der Waals surface area contributed by atoms with Gasteiger partial charge in [0.25, 0.3) is 0 Å². The topological polar surface area (TPSA) is 58.7 Å². The molecule has 0 spiro atoms. The van der Waals surface area contributed by atoms with Gasteiger partial charge in [0.1, 0.15) is 0 Å². The Hall–Kier alpha value is -0.160. The van der Waals surface area contributed by atoms with Crippen molar-refractivity contribution in [2.45, 2.75) is 45.4 Å². The summed E-state index contributed by atoms with van der Waals surface area (Å²) in [4.78, 5) is 2.26. The summed E-state index contributed by atoms with van der Waals surface area (Å²) in [6, 6.07) is 0.0575. The van der Waals surface area contributed by atoms with Gasteiger partial charge < -0.3 is 15.6 Å². The molecule has 1 aliphatic heterocycles. The molecule has 1 rings (SSSR count). The standard InChI is InChI=1S/C12H26N2O2/c1-9(2)11(13)10(7-15)14-5-6-16-12(3,4)8-14/h9-11,15H,5-8,13H2,1-4H3. The highest BCUT2D eigenvalue weighted by molar-refractivity contribution is 4.89. The van der Waals surface area contributed by atoms with Crippen molar-refractivity contribution in [3.63, 3.8) is 0 Å². The van der Waals surface area contributed by atoms with Crippen LogP contribution in [0, 0.1) is 5.92 Å². The Morgan fingerprint density at radius 2 is 2.06 bits per heavy atom. The van der Waals surface area contributed by atoms with Crippen molar-refractivity contribution in [2.75, 3.05) is 26.3 Å². The van der Waals surface area contributed by atoms with E-state index in [1.807, 2.05) is 0 Å². The second-order valence-electron chi connectivity index (χ2n) is 5.65. The van der Waals surface area contributed by atoms with Gasteiger partial charge in [-0.15, -0.1) is 0 Å². The fraction of sp³-hybridized carbons (Fsp3) is 1.00. The van der Waals surface area contributed by atoms with Crippen molar-refractivity contribution in [1.82, 2.24) is 4.90 Å². The SMILES string of the molecule is CC(C)C(N)C(CO)N1CCOC(C)(C)C1. The van der Waals surface area contributed by atoms with E-state index in [0.717, 1.165) is 13.1 Å². The van der Waals surface area contributed by atoms with E-state index in [-0.39, 0.29) is 24.3 Å². The second-order valence-corrected chi connectivity index (χ2v) is 5.65. The minimum absolute atomic E-state index is 0.0129. The predicted octanol–water partition coefficient (Wildman–Crippen LogP) is 0.441. The summed E-state index contributed by atoms with van der Waals surface area (Å²) in [5, 5.41) is 9.51. The Bertz CT molecular complexity index is 219. The maximum Gasteiger partial charge on any atom is 0.0753 e. The highest BCUT2D eigenvalue weighted by Crippen LogP contribution is 2.20. The molecule has 0 radical (unpaired) electrons.